The molecule has 1 amide bonds. The SMILES string of the molecule is O=C(Cc1ccccc1)Nc1cncc(F)c1. The fourth-order valence-corrected chi connectivity index (χ4v) is 1.47. The number of carbonyl (C=O) groups is 1. The molecule has 0 saturated carbocycles. The number of pyridine rings is 1. The fraction of sp³-hybridized carbons (Fsp3) is 0.0769. The summed E-state index contributed by atoms with van der Waals surface area (Å²) in [5.74, 6) is -0.661. The minimum atomic E-state index is -0.470. The predicted molar refractivity (Wildman–Crippen MR) is 63.0 cm³/mol. The summed E-state index contributed by atoms with van der Waals surface area (Å²) in [6, 6.07) is 10.6. The summed E-state index contributed by atoms with van der Waals surface area (Å²) < 4.78 is 12.8. The van der Waals surface area contributed by atoms with Gasteiger partial charge in [0.2, 0.25) is 5.91 Å². The average molecular weight is 230 g/mol. The van der Waals surface area contributed by atoms with Gasteiger partial charge in [0.1, 0.15) is 5.82 Å². The fourth-order valence-electron chi connectivity index (χ4n) is 1.47. The Labute approximate surface area is 98.3 Å². The second-order valence-corrected chi connectivity index (χ2v) is 3.60. The Hall–Kier alpha value is -2.23. The number of benzene rings is 1. The van der Waals surface area contributed by atoms with Crippen molar-refractivity contribution in [2.75, 3.05) is 5.32 Å². The lowest BCUT2D eigenvalue weighted by molar-refractivity contribution is -0.115. The van der Waals surface area contributed by atoms with E-state index < -0.39 is 5.82 Å². The maximum Gasteiger partial charge on any atom is 0.228 e. The zero-order valence-electron chi connectivity index (χ0n) is 9.06. The number of rotatable bonds is 3. The average Bonchev–Trinajstić information content (AvgIpc) is 2.30. The Morgan fingerprint density at radius 1 is 1.24 bits per heavy atom. The molecule has 3 nitrogen and oxygen atoms in total. The molecule has 0 unspecified atom stereocenters. The van der Waals surface area contributed by atoms with Gasteiger partial charge in [0, 0.05) is 6.07 Å². The van der Waals surface area contributed by atoms with Crippen LogP contribution < -0.4 is 5.32 Å². The Kier molecular flexibility index (Phi) is 3.45. The number of carbonyl (C=O) groups excluding carboxylic acids is 1. The highest BCUT2D eigenvalue weighted by atomic mass is 19.1. The van der Waals surface area contributed by atoms with Crippen LogP contribution in [0.15, 0.2) is 48.8 Å². The van der Waals surface area contributed by atoms with Gasteiger partial charge >= 0.3 is 0 Å². The van der Waals surface area contributed by atoms with E-state index in [2.05, 4.69) is 10.3 Å². The molecule has 0 saturated heterocycles. The molecular formula is C13H11FN2O. The summed E-state index contributed by atoms with van der Waals surface area (Å²) in [6.07, 6.45) is 2.76. The molecule has 0 fully saturated rings. The molecule has 0 atom stereocenters. The zero-order chi connectivity index (χ0) is 12.1. The predicted octanol–water partition coefficient (Wildman–Crippen LogP) is 2.40. The number of anilines is 1. The van der Waals surface area contributed by atoms with Crippen molar-refractivity contribution < 1.29 is 9.18 Å². The maximum atomic E-state index is 12.8. The van der Waals surface area contributed by atoms with Crippen LogP contribution in [0.4, 0.5) is 10.1 Å². The third-order valence-electron chi connectivity index (χ3n) is 2.20. The maximum absolute atomic E-state index is 12.8. The highest BCUT2D eigenvalue weighted by molar-refractivity contribution is 5.92. The largest absolute Gasteiger partial charge is 0.324 e. The first-order chi connectivity index (χ1) is 8.24. The van der Waals surface area contributed by atoms with E-state index in [1.807, 2.05) is 30.3 Å². The number of hydrogen-bond donors (Lipinski definition) is 1. The van der Waals surface area contributed by atoms with Crippen molar-refractivity contribution in [3.63, 3.8) is 0 Å². The summed E-state index contributed by atoms with van der Waals surface area (Å²) in [5.41, 5.74) is 1.28. The van der Waals surface area contributed by atoms with Gasteiger partial charge in [-0.1, -0.05) is 30.3 Å². The number of halogens is 1. The van der Waals surface area contributed by atoms with Crippen LogP contribution >= 0.6 is 0 Å². The normalized spacial score (nSPS) is 9.94. The quantitative estimate of drug-likeness (QED) is 0.879. The first-order valence-electron chi connectivity index (χ1n) is 5.18. The molecule has 0 radical (unpaired) electrons. The summed E-state index contributed by atoms with van der Waals surface area (Å²) in [5, 5.41) is 2.59. The van der Waals surface area contributed by atoms with Crippen LogP contribution in [0.25, 0.3) is 0 Å². The van der Waals surface area contributed by atoms with Crippen molar-refractivity contribution in [2.24, 2.45) is 0 Å². The number of nitrogens with one attached hydrogen (secondary N) is 1. The molecule has 2 rings (SSSR count). The van der Waals surface area contributed by atoms with Crippen molar-refractivity contribution in [1.29, 1.82) is 0 Å². The van der Waals surface area contributed by atoms with Gasteiger partial charge in [-0.2, -0.15) is 0 Å². The lowest BCUT2D eigenvalue weighted by Crippen LogP contribution is -2.14. The molecule has 0 aliphatic carbocycles. The van der Waals surface area contributed by atoms with E-state index in [1.54, 1.807) is 0 Å². The smallest absolute Gasteiger partial charge is 0.228 e. The van der Waals surface area contributed by atoms with E-state index in [0.717, 1.165) is 11.8 Å². The van der Waals surface area contributed by atoms with Gasteiger partial charge in [0.25, 0.3) is 0 Å². The molecule has 0 spiro atoms. The molecule has 0 aliphatic heterocycles. The zero-order valence-corrected chi connectivity index (χ0v) is 9.06. The Morgan fingerprint density at radius 3 is 2.71 bits per heavy atom. The highest BCUT2D eigenvalue weighted by Gasteiger charge is 2.04. The number of hydrogen-bond acceptors (Lipinski definition) is 2. The Balaban J connectivity index is 1.98. The van der Waals surface area contributed by atoms with E-state index in [1.165, 1.54) is 12.3 Å². The molecule has 17 heavy (non-hydrogen) atoms. The molecular weight excluding hydrogens is 219 g/mol. The van der Waals surface area contributed by atoms with Gasteiger partial charge in [-0.05, 0) is 5.56 Å². The lowest BCUT2D eigenvalue weighted by Gasteiger charge is -2.04. The molecule has 1 aromatic carbocycles. The van der Waals surface area contributed by atoms with Crippen LogP contribution in [0, 0.1) is 5.82 Å². The summed E-state index contributed by atoms with van der Waals surface area (Å²) >= 11 is 0. The Morgan fingerprint density at radius 2 is 2.00 bits per heavy atom. The van der Waals surface area contributed by atoms with E-state index in [9.17, 15) is 9.18 Å². The van der Waals surface area contributed by atoms with Gasteiger partial charge in [-0.15, -0.1) is 0 Å². The molecule has 2 aromatic rings. The monoisotopic (exact) mass is 230 g/mol. The first-order valence-corrected chi connectivity index (χ1v) is 5.18. The first kappa shape index (κ1) is 11.3. The molecule has 0 bridgehead atoms. The molecule has 0 aliphatic rings. The molecule has 1 aromatic heterocycles. The van der Waals surface area contributed by atoms with E-state index in [0.29, 0.717) is 5.69 Å². The van der Waals surface area contributed by atoms with Gasteiger partial charge < -0.3 is 5.32 Å². The molecule has 86 valence electrons. The van der Waals surface area contributed by atoms with E-state index in [-0.39, 0.29) is 12.3 Å². The minimum Gasteiger partial charge on any atom is -0.324 e. The van der Waals surface area contributed by atoms with Gasteiger partial charge in [0.05, 0.1) is 24.5 Å². The van der Waals surface area contributed by atoms with Crippen LogP contribution in [0.1, 0.15) is 5.56 Å². The van der Waals surface area contributed by atoms with Crippen LogP contribution in [0.2, 0.25) is 0 Å². The van der Waals surface area contributed by atoms with Crippen molar-refractivity contribution in [3.8, 4) is 0 Å². The van der Waals surface area contributed by atoms with Crippen LogP contribution in [0.3, 0.4) is 0 Å². The van der Waals surface area contributed by atoms with Gasteiger partial charge in [0.15, 0.2) is 0 Å². The minimum absolute atomic E-state index is 0.191. The van der Waals surface area contributed by atoms with E-state index in [4.69, 9.17) is 0 Å². The summed E-state index contributed by atoms with van der Waals surface area (Å²) in [4.78, 5) is 15.3. The lowest BCUT2D eigenvalue weighted by atomic mass is 10.1. The van der Waals surface area contributed by atoms with E-state index >= 15 is 0 Å². The standard InChI is InChI=1S/C13H11FN2O/c14-11-7-12(9-15-8-11)16-13(17)6-10-4-2-1-3-5-10/h1-5,7-9H,6H2,(H,16,17). The summed E-state index contributed by atoms with van der Waals surface area (Å²) in [7, 11) is 0. The van der Waals surface area contributed by atoms with Crippen molar-refractivity contribution in [1.82, 2.24) is 4.98 Å². The number of aromatic nitrogens is 1. The molecule has 1 N–H and O–H groups in total. The third kappa shape index (κ3) is 3.38. The second kappa shape index (κ2) is 5.21. The molecule has 1 heterocycles. The second-order valence-electron chi connectivity index (χ2n) is 3.60. The number of nitrogens with zero attached hydrogens (tertiary/aromatic N) is 1. The number of amides is 1. The molecule has 4 heteroatoms. The van der Waals surface area contributed by atoms with Crippen molar-refractivity contribution in [2.45, 2.75) is 6.42 Å². The highest BCUT2D eigenvalue weighted by Crippen LogP contribution is 2.08. The Bertz CT molecular complexity index is 514. The summed E-state index contributed by atoms with van der Waals surface area (Å²) in [6.45, 7) is 0. The van der Waals surface area contributed by atoms with Crippen LogP contribution in [-0.2, 0) is 11.2 Å². The van der Waals surface area contributed by atoms with Crippen molar-refractivity contribution >= 4 is 11.6 Å². The van der Waals surface area contributed by atoms with Crippen LogP contribution in [-0.4, -0.2) is 10.9 Å². The topological polar surface area (TPSA) is 42.0 Å². The van der Waals surface area contributed by atoms with Crippen LogP contribution in [0.5, 0.6) is 0 Å². The van der Waals surface area contributed by atoms with Gasteiger partial charge in [-0.3, -0.25) is 9.78 Å². The van der Waals surface area contributed by atoms with Crippen molar-refractivity contribution in [3.05, 3.63) is 60.2 Å². The third-order valence-corrected chi connectivity index (χ3v) is 2.20. The van der Waals surface area contributed by atoms with Gasteiger partial charge in [-0.25, -0.2) is 4.39 Å².